The third-order valence-electron chi connectivity index (χ3n) is 5.66. The minimum Gasteiger partial charge on any atom is -0.318 e. The summed E-state index contributed by atoms with van der Waals surface area (Å²) in [7, 11) is 0. The Morgan fingerprint density at radius 2 is 1.50 bits per heavy atom. The van der Waals surface area contributed by atoms with Crippen molar-refractivity contribution in [1.29, 1.82) is 0 Å². The maximum absolute atomic E-state index is 13.3. The van der Waals surface area contributed by atoms with E-state index in [9.17, 15) is 24.5 Å². The van der Waals surface area contributed by atoms with Crippen LogP contribution in [-0.2, 0) is 9.59 Å². The Balaban J connectivity index is 1.75. The Kier molecular flexibility index (Phi) is 5.62. The fourth-order valence-electron chi connectivity index (χ4n) is 4.18. The van der Waals surface area contributed by atoms with E-state index in [0.717, 1.165) is 27.4 Å². The molecule has 0 atom stereocenters. The highest BCUT2D eigenvalue weighted by Gasteiger charge is 2.37. The molecule has 9 heteroatoms. The molecule has 0 unspecified atom stereocenters. The Morgan fingerprint density at radius 3 is 2.09 bits per heavy atom. The molecular formula is C25H22N4O5. The van der Waals surface area contributed by atoms with Crippen LogP contribution in [0.25, 0.3) is 11.8 Å². The first kappa shape index (κ1) is 22.7. The lowest BCUT2D eigenvalue weighted by Gasteiger charge is -2.27. The number of aromatic nitrogens is 1. The van der Waals surface area contributed by atoms with Gasteiger partial charge in [0.15, 0.2) is 0 Å². The molecule has 9 nitrogen and oxygen atoms in total. The van der Waals surface area contributed by atoms with E-state index in [-0.39, 0.29) is 11.3 Å². The van der Waals surface area contributed by atoms with Gasteiger partial charge in [0.2, 0.25) is 0 Å². The summed E-state index contributed by atoms with van der Waals surface area (Å²) in [5, 5.41) is 13.2. The molecule has 1 fully saturated rings. The van der Waals surface area contributed by atoms with Crippen LogP contribution in [0.5, 0.6) is 0 Å². The van der Waals surface area contributed by atoms with E-state index in [1.807, 2.05) is 44.4 Å². The number of nitro groups is 1. The minimum absolute atomic E-state index is 0.0193. The van der Waals surface area contributed by atoms with Gasteiger partial charge < -0.3 is 4.57 Å². The van der Waals surface area contributed by atoms with Gasteiger partial charge in [-0.25, -0.2) is 9.69 Å². The first-order chi connectivity index (χ1) is 16.1. The van der Waals surface area contributed by atoms with Crippen LogP contribution in [0.1, 0.15) is 28.1 Å². The highest BCUT2D eigenvalue weighted by Crippen LogP contribution is 2.27. The van der Waals surface area contributed by atoms with Crippen LogP contribution in [0.4, 0.5) is 16.2 Å². The molecule has 3 aromatic rings. The first-order valence-electron chi connectivity index (χ1n) is 10.5. The van der Waals surface area contributed by atoms with Crippen molar-refractivity contribution in [1.82, 2.24) is 9.88 Å². The highest BCUT2D eigenvalue weighted by atomic mass is 16.6. The summed E-state index contributed by atoms with van der Waals surface area (Å²) in [5.74, 6) is -1.48. The maximum Gasteiger partial charge on any atom is 0.335 e. The summed E-state index contributed by atoms with van der Waals surface area (Å²) in [6.07, 6.45) is 1.46. The van der Waals surface area contributed by atoms with Crippen molar-refractivity contribution in [3.05, 3.63) is 92.3 Å². The normalized spacial score (nSPS) is 15.1. The topological polar surface area (TPSA) is 115 Å². The number of aryl methyl sites for hydroxylation is 3. The lowest BCUT2D eigenvalue weighted by Crippen LogP contribution is -2.54. The zero-order chi connectivity index (χ0) is 24.7. The average Bonchev–Trinajstić information content (AvgIpc) is 3.03. The minimum atomic E-state index is -0.798. The second-order valence-corrected chi connectivity index (χ2v) is 8.24. The predicted molar refractivity (Wildman–Crippen MR) is 127 cm³/mol. The quantitative estimate of drug-likeness (QED) is 0.271. The molecule has 1 saturated heterocycles. The zero-order valence-electron chi connectivity index (χ0n) is 19.1. The summed E-state index contributed by atoms with van der Waals surface area (Å²) >= 11 is 0. The van der Waals surface area contributed by atoms with Gasteiger partial charge in [-0.2, -0.15) is 0 Å². The molecule has 4 amide bonds. The molecule has 0 aliphatic carbocycles. The summed E-state index contributed by atoms with van der Waals surface area (Å²) in [5.41, 5.74) is 4.82. The number of anilines is 1. The van der Waals surface area contributed by atoms with E-state index in [1.165, 1.54) is 18.2 Å². The SMILES string of the molecule is Cc1cc(C)cc(N2C(=O)NC(=O)/C(=C\c3cc(C)n(-c4ccc([N+](=O)[O-])cc4)c3C)C2=O)c1. The Bertz CT molecular complexity index is 1380. The van der Waals surface area contributed by atoms with Crippen LogP contribution in [0.2, 0.25) is 0 Å². The average molecular weight is 458 g/mol. The van der Waals surface area contributed by atoms with Crippen LogP contribution in [0.15, 0.2) is 54.1 Å². The smallest absolute Gasteiger partial charge is 0.318 e. The van der Waals surface area contributed by atoms with E-state index in [1.54, 1.807) is 24.3 Å². The number of nitrogens with zero attached hydrogens (tertiary/aromatic N) is 3. The van der Waals surface area contributed by atoms with E-state index < -0.39 is 22.8 Å². The number of nitro benzene ring substituents is 1. The van der Waals surface area contributed by atoms with Crippen molar-refractivity contribution in [2.75, 3.05) is 4.90 Å². The molecule has 1 N–H and O–H groups in total. The number of barbiturate groups is 1. The van der Waals surface area contributed by atoms with Gasteiger partial charge in [-0.3, -0.25) is 25.0 Å². The molecule has 0 saturated carbocycles. The van der Waals surface area contributed by atoms with Gasteiger partial charge in [0, 0.05) is 29.2 Å². The summed E-state index contributed by atoms with van der Waals surface area (Å²) < 4.78 is 1.87. The summed E-state index contributed by atoms with van der Waals surface area (Å²) in [6.45, 7) is 7.39. The fourth-order valence-corrected chi connectivity index (χ4v) is 4.18. The van der Waals surface area contributed by atoms with Gasteiger partial charge >= 0.3 is 6.03 Å². The molecule has 1 aliphatic heterocycles. The number of hydrogen-bond acceptors (Lipinski definition) is 5. The van der Waals surface area contributed by atoms with Gasteiger partial charge in [-0.05, 0) is 80.8 Å². The molecule has 2 aromatic carbocycles. The third-order valence-corrected chi connectivity index (χ3v) is 5.66. The third kappa shape index (κ3) is 3.99. The number of imide groups is 2. The van der Waals surface area contributed by atoms with E-state index in [0.29, 0.717) is 16.9 Å². The van der Waals surface area contributed by atoms with E-state index in [4.69, 9.17) is 0 Å². The maximum atomic E-state index is 13.3. The van der Waals surface area contributed by atoms with Crippen molar-refractivity contribution in [2.45, 2.75) is 27.7 Å². The molecule has 34 heavy (non-hydrogen) atoms. The number of hydrogen-bond donors (Lipinski definition) is 1. The van der Waals surface area contributed by atoms with Crippen LogP contribution in [0, 0.1) is 37.8 Å². The molecule has 0 spiro atoms. The molecule has 0 radical (unpaired) electrons. The van der Waals surface area contributed by atoms with Crippen LogP contribution >= 0.6 is 0 Å². The molecule has 0 bridgehead atoms. The number of carbonyl (C=O) groups is 3. The fraction of sp³-hybridized carbons (Fsp3) is 0.160. The molecule has 1 aliphatic rings. The number of nitrogens with one attached hydrogen (secondary N) is 1. The number of benzene rings is 2. The molecule has 4 rings (SSSR count). The van der Waals surface area contributed by atoms with Crippen LogP contribution in [0.3, 0.4) is 0 Å². The van der Waals surface area contributed by atoms with Crippen LogP contribution < -0.4 is 10.2 Å². The number of carbonyl (C=O) groups excluding carboxylic acids is 3. The summed E-state index contributed by atoms with van der Waals surface area (Å²) in [6, 6.07) is 12.4. The van der Waals surface area contributed by atoms with E-state index >= 15 is 0 Å². The lowest BCUT2D eigenvalue weighted by atomic mass is 10.1. The first-order valence-corrected chi connectivity index (χ1v) is 10.5. The monoisotopic (exact) mass is 458 g/mol. The van der Waals surface area contributed by atoms with Gasteiger partial charge in [0.1, 0.15) is 5.57 Å². The zero-order valence-corrected chi connectivity index (χ0v) is 19.1. The number of urea groups is 1. The second kappa shape index (κ2) is 8.43. The Morgan fingerprint density at radius 1 is 0.882 bits per heavy atom. The molecule has 2 heterocycles. The van der Waals surface area contributed by atoms with Gasteiger partial charge in [0.05, 0.1) is 10.6 Å². The van der Waals surface area contributed by atoms with Crippen molar-refractivity contribution in [3.8, 4) is 5.69 Å². The summed E-state index contributed by atoms with van der Waals surface area (Å²) in [4.78, 5) is 49.8. The molecule has 172 valence electrons. The number of rotatable bonds is 4. The largest absolute Gasteiger partial charge is 0.335 e. The Labute approximate surface area is 195 Å². The molecule has 1 aromatic heterocycles. The van der Waals surface area contributed by atoms with E-state index in [2.05, 4.69) is 5.32 Å². The van der Waals surface area contributed by atoms with Crippen molar-refractivity contribution >= 4 is 35.3 Å². The lowest BCUT2D eigenvalue weighted by molar-refractivity contribution is -0.384. The number of non-ortho nitro benzene ring substituents is 1. The van der Waals surface area contributed by atoms with Gasteiger partial charge in [-0.1, -0.05) is 6.07 Å². The predicted octanol–water partition coefficient (Wildman–Crippen LogP) is 4.29. The van der Waals surface area contributed by atoms with Crippen molar-refractivity contribution in [3.63, 3.8) is 0 Å². The standard InChI is InChI=1S/C25H22N4O5/c1-14-9-15(2)11-21(10-14)28-24(31)22(23(30)26-25(28)32)13-18-12-16(3)27(17(18)4)19-5-7-20(8-6-19)29(33)34/h5-13H,1-4H3,(H,26,30,32)/b22-13+. The second-order valence-electron chi connectivity index (χ2n) is 8.24. The van der Waals surface area contributed by atoms with Crippen molar-refractivity contribution < 1.29 is 19.3 Å². The van der Waals surface area contributed by atoms with Gasteiger partial charge in [-0.15, -0.1) is 0 Å². The highest BCUT2D eigenvalue weighted by molar-refractivity contribution is 6.39. The van der Waals surface area contributed by atoms with Gasteiger partial charge in [0.25, 0.3) is 17.5 Å². The molecular weight excluding hydrogens is 436 g/mol. The Hall–Kier alpha value is -4.53. The van der Waals surface area contributed by atoms with Crippen molar-refractivity contribution in [2.24, 2.45) is 0 Å². The number of amides is 4. The van der Waals surface area contributed by atoms with Crippen LogP contribution in [-0.4, -0.2) is 27.3 Å².